The number of hydrogen-bond donors (Lipinski definition) is 3. The Kier molecular flexibility index (Phi) is 4.88. The molecule has 3 N–H and O–H groups in total. The van der Waals surface area contributed by atoms with Gasteiger partial charge < -0.3 is 20.4 Å². The molecule has 6 nitrogen and oxygen atoms in total. The van der Waals surface area contributed by atoms with Crippen LogP contribution >= 0.6 is 0 Å². The Labute approximate surface area is 111 Å². The van der Waals surface area contributed by atoms with Crippen LogP contribution in [0.15, 0.2) is 24.5 Å². The summed E-state index contributed by atoms with van der Waals surface area (Å²) < 4.78 is 4.92. The van der Waals surface area contributed by atoms with Crippen LogP contribution in [0.1, 0.15) is 10.4 Å². The van der Waals surface area contributed by atoms with Crippen LogP contribution in [0.4, 0.5) is 0 Å². The molecule has 2 aromatic rings. The first-order chi connectivity index (χ1) is 9.33. The fourth-order valence-corrected chi connectivity index (χ4v) is 1.80. The zero-order valence-electron chi connectivity index (χ0n) is 10.9. The molecule has 0 unspecified atom stereocenters. The highest BCUT2D eigenvalue weighted by atomic mass is 16.5. The first-order valence-electron chi connectivity index (χ1n) is 6.23. The van der Waals surface area contributed by atoms with Crippen LogP contribution in [0.3, 0.4) is 0 Å². The summed E-state index contributed by atoms with van der Waals surface area (Å²) in [5.41, 5.74) is 1.35. The van der Waals surface area contributed by atoms with Gasteiger partial charge in [0.05, 0.1) is 12.2 Å². The maximum atomic E-state index is 12.0. The number of amides is 1. The second-order valence-electron chi connectivity index (χ2n) is 4.10. The molecule has 2 rings (SSSR count). The Balaban J connectivity index is 1.83. The lowest BCUT2D eigenvalue weighted by Crippen LogP contribution is -2.32. The lowest BCUT2D eigenvalue weighted by Gasteiger charge is -2.05. The van der Waals surface area contributed by atoms with Gasteiger partial charge in [-0.1, -0.05) is 0 Å². The standard InChI is InChI=1S/C13H18N4O2/c1-19-8-7-14-5-6-16-13(18)11-9-17-12-10(11)3-2-4-15-12/h2-4,9,14H,5-8H2,1H3,(H,15,17)(H,16,18). The molecule has 0 saturated heterocycles. The van der Waals surface area contributed by atoms with E-state index in [-0.39, 0.29) is 5.91 Å². The molecule has 6 heteroatoms. The monoisotopic (exact) mass is 262 g/mol. The van der Waals surface area contributed by atoms with E-state index in [1.54, 1.807) is 19.5 Å². The summed E-state index contributed by atoms with van der Waals surface area (Å²) in [6.07, 6.45) is 3.38. The van der Waals surface area contributed by atoms with Crippen molar-refractivity contribution in [2.24, 2.45) is 0 Å². The highest BCUT2D eigenvalue weighted by molar-refractivity contribution is 6.05. The fraction of sp³-hybridized carbons (Fsp3) is 0.385. The number of ether oxygens (including phenoxy) is 1. The summed E-state index contributed by atoms with van der Waals surface area (Å²) in [5, 5.41) is 6.87. The van der Waals surface area contributed by atoms with Crippen LogP contribution in [0, 0.1) is 0 Å². The van der Waals surface area contributed by atoms with Gasteiger partial charge in [0.2, 0.25) is 0 Å². The van der Waals surface area contributed by atoms with Crippen molar-refractivity contribution in [1.82, 2.24) is 20.6 Å². The van der Waals surface area contributed by atoms with Gasteiger partial charge in [0.1, 0.15) is 5.65 Å². The van der Waals surface area contributed by atoms with Gasteiger partial charge in [0, 0.05) is 44.5 Å². The Morgan fingerprint density at radius 3 is 3.16 bits per heavy atom. The van der Waals surface area contributed by atoms with Gasteiger partial charge in [0.25, 0.3) is 5.91 Å². The van der Waals surface area contributed by atoms with Gasteiger partial charge in [-0.2, -0.15) is 0 Å². The van der Waals surface area contributed by atoms with Crippen LogP contribution in [0.2, 0.25) is 0 Å². The van der Waals surface area contributed by atoms with Crippen LogP contribution in [-0.4, -0.2) is 49.2 Å². The van der Waals surface area contributed by atoms with Crippen molar-refractivity contribution in [3.8, 4) is 0 Å². The van der Waals surface area contributed by atoms with E-state index in [1.165, 1.54) is 0 Å². The van der Waals surface area contributed by atoms with E-state index in [9.17, 15) is 4.79 Å². The number of nitrogens with zero attached hydrogens (tertiary/aromatic N) is 1. The molecule has 2 heterocycles. The molecule has 19 heavy (non-hydrogen) atoms. The number of rotatable bonds is 7. The molecule has 0 saturated carbocycles. The van der Waals surface area contributed by atoms with Gasteiger partial charge in [-0.25, -0.2) is 4.98 Å². The normalized spacial score (nSPS) is 10.8. The Hall–Kier alpha value is -1.92. The van der Waals surface area contributed by atoms with Crippen molar-refractivity contribution in [3.05, 3.63) is 30.1 Å². The molecule has 1 amide bonds. The van der Waals surface area contributed by atoms with Crippen molar-refractivity contribution in [2.75, 3.05) is 33.4 Å². The van der Waals surface area contributed by atoms with Gasteiger partial charge in [-0.3, -0.25) is 4.79 Å². The van der Waals surface area contributed by atoms with Gasteiger partial charge in [-0.15, -0.1) is 0 Å². The quantitative estimate of drug-likeness (QED) is 0.636. The highest BCUT2D eigenvalue weighted by Crippen LogP contribution is 2.14. The average molecular weight is 262 g/mol. The third-order valence-corrected chi connectivity index (χ3v) is 2.77. The van der Waals surface area contributed by atoms with Crippen LogP contribution in [0.25, 0.3) is 11.0 Å². The molecular formula is C13H18N4O2. The van der Waals surface area contributed by atoms with Gasteiger partial charge >= 0.3 is 0 Å². The number of hydrogen-bond acceptors (Lipinski definition) is 4. The van der Waals surface area contributed by atoms with Crippen LogP contribution in [0.5, 0.6) is 0 Å². The molecule has 0 aliphatic carbocycles. The van der Waals surface area contributed by atoms with E-state index in [4.69, 9.17) is 4.74 Å². The average Bonchev–Trinajstić information content (AvgIpc) is 2.86. The van der Waals surface area contributed by atoms with Crippen molar-refractivity contribution in [3.63, 3.8) is 0 Å². The van der Waals surface area contributed by atoms with Crippen molar-refractivity contribution >= 4 is 16.9 Å². The minimum atomic E-state index is -0.0900. The zero-order valence-corrected chi connectivity index (χ0v) is 10.9. The lowest BCUT2D eigenvalue weighted by atomic mass is 10.2. The summed E-state index contributed by atoms with van der Waals surface area (Å²) in [6.45, 7) is 2.75. The number of carbonyl (C=O) groups excluding carboxylic acids is 1. The van der Waals surface area contributed by atoms with Crippen molar-refractivity contribution in [2.45, 2.75) is 0 Å². The predicted octanol–water partition coefficient (Wildman–Crippen LogP) is 0.529. The molecule has 0 radical (unpaired) electrons. The fourth-order valence-electron chi connectivity index (χ4n) is 1.80. The lowest BCUT2D eigenvalue weighted by molar-refractivity contribution is 0.0955. The van der Waals surface area contributed by atoms with Crippen molar-refractivity contribution in [1.29, 1.82) is 0 Å². The topological polar surface area (TPSA) is 79.0 Å². The highest BCUT2D eigenvalue weighted by Gasteiger charge is 2.11. The van der Waals surface area contributed by atoms with Crippen LogP contribution in [-0.2, 0) is 4.74 Å². The molecule has 102 valence electrons. The third-order valence-electron chi connectivity index (χ3n) is 2.77. The number of aromatic amines is 1. The second kappa shape index (κ2) is 6.86. The van der Waals surface area contributed by atoms with Crippen LogP contribution < -0.4 is 10.6 Å². The van der Waals surface area contributed by atoms with E-state index in [1.807, 2.05) is 12.1 Å². The number of pyridine rings is 1. The molecule has 0 fully saturated rings. The Morgan fingerprint density at radius 2 is 2.32 bits per heavy atom. The van der Waals surface area contributed by atoms with E-state index in [0.29, 0.717) is 18.7 Å². The van der Waals surface area contributed by atoms with Gasteiger partial charge in [-0.05, 0) is 12.1 Å². The summed E-state index contributed by atoms with van der Waals surface area (Å²) >= 11 is 0. The minimum Gasteiger partial charge on any atom is -0.383 e. The number of methoxy groups -OCH3 is 1. The van der Waals surface area contributed by atoms with Crippen molar-refractivity contribution < 1.29 is 9.53 Å². The molecule has 0 aromatic carbocycles. The number of H-pyrrole nitrogens is 1. The van der Waals surface area contributed by atoms with E-state index in [2.05, 4.69) is 20.6 Å². The minimum absolute atomic E-state index is 0.0900. The molecule has 0 aliphatic rings. The summed E-state index contributed by atoms with van der Waals surface area (Å²) in [5.74, 6) is -0.0900. The van der Waals surface area contributed by atoms with E-state index < -0.39 is 0 Å². The smallest absolute Gasteiger partial charge is 0.253 e. The van der Waals surface area contributed by atoms with E-state index in [0.717, 1.165) is 24.1 Å². The Morgan fingerprint density at radius 1 is 1.42 bits per heavy atom. The summed E-state index contributed by atoms with van der Waals surface area (Å²) in [6, 6.07) is 3.70. The first-order valence-corrected chi connectivity index (χ1v) is 6.23. The van der Waals surface area contributed by atoms with Gasteiger partial charge in [0.15, 0.2) is 0 Å². The second-order valence-corrected chi connectivity index (χ2v) is 4.10. The molecular weight excluding hydrogens is 244 g/mol. The number of fused-ring (bicyclic) bond motifs is 1. The Bertz CT molecular complexity index is 538. The molecule has 0 spiro atoms. The maximum absolute atomic E-state index is 12.0. The molecule has 0 bridgehead atoms. The number of aromatic nitrogens is 2. The molecule has 0 aliphatic heterocycles. The predicted molar refractivity (Wildman–Crippen MR) is 73.2 cm³/mol. The maximum Gasteiger partial charge on any atom is 0.253 e. The summed E-state index contributed by atoms with van der Waals surface area (Å²) in [4.78, 5) is 19.1. The molecule has 0 atom stereocenters. The number of nitrogens with one attached hydrogen (secondary N) is 3. The SMILES string of the molecule is COCCNCCNC(=O)c1c[nH]c2ncccc12. The van der Waals surface area contributed by atoms with E-state index >= 15 is 0 Å². The number of carbonyl (C=O) groups is 1. The third kappa shape index (κ3) is 3.52. The largest absolute Gasteiger partial charge is 0.383 e. The first kappa shape index (κ1) is 13.5. The summed E-state index contributed by atoms with van der Waals surface area (Å²) in [7, 11) is 1.66. The molecule has 2 aromatic heterocycles. The zero-order chi connectivity index (χ0) is 13.5.